The minimum atomic E-state index is -3.30. The molecule has 1 aliphatic heterocycles. The van der Waals surface area contributed by atoms with Gasteiger partial charge in [0, 0.05) is 23.5 Å². The zero-order valence-corrected chi connectivity index (χ0v) is 14.4. The first-order valence-electron chi connectivity index (χ1n) is 7.39. The van der Waals surface area contributed by atoms with E-state index in [-0.39, 0.29) is 11.7 Å². The molecule has 0 radical (unpaired) electrons. The second-order valence-corrected chi connectivity index (χ2v) is 8.37. The third-order valence-corrected chi connectivity index (χ3v) is 6.09. The van der Waals surface area contributed by atoms with Gasteiger partial charge in [0.05, 0.1) is 23.8 Å². The van der Waals surface area contributed by atoms with Crippen molar-refractivity contribution < 1.29 is 17.9 Å². The smallest absolute Gasteiger partial charge is 0.264 e. The standard InChI is InChI=1S/C15H18N2O4S2/c1-2-23(19,20)16-12-3-4-13-11(9-12)10-14(22-13)15(18)17-5-7-21-8-6-17/h3-4,9-10,16H,2,5-8H2,1H3. The Balaban J connectivity index is 1.85. The maximum Gasteiger partial charge on any atom is 0.264 e. The van der Waals surface area contributed by atoms with E-state index in [1.54, 1.807) is 24.0 Å². The number of hydrogen-bond donors (Lipinski definition) is 1. The summed E-state index contributed by atoms with van der Waals surface area (Å²) in [6.07, 6.45) is 0. The number of thiophene rings is 1. The van der Waals surface area contributed by atoms with E-state index in [9.17, 15) is 13.2 Å². The Morgan fingerprint density at radius 2 is 2.04 bits per heavy atom. The molecule has 1 saturated heterocycles. The average Bonchev–Trinajstić information content (AvgIpc) is 2.98. The van der Waals surface area contributed by atoms with Crippen molar-refractivity contribution in [2.45, 2.75) is 6.92 Å². The lowest BCUT2D eigenvalue weighted by Gasteiger charge is -2.26. The molecule has 2 heterocycles. The second kappa shape index (κ2) is 6.46. The van der Waals surface area contributed by atoms with Gasteiger partial charge >= 0.3 is 0 Å². The summed E-state index contributed by atoms with van der Waals surface area (Å²) in [7, 11) is -3.30. The molecule has 0 bridgehead atoms. The van der Waals surface area contributed by atoms with E-state index in [0.29, 0.717) is 36.9 Å². The SMILES string of the molecule is CCS(=O)(=O)Nc1ccc2sc(C(=O)N3CCOCC3)cc2c1. The second-order valence-electron chi connectivity index (χ2n) is 5.27. The highest BCUT2D eigenvalue weighted by molar-refractivity contribution is 7.92. The lowest BCUT2D eigenvalue weighted by molar-refractivity contribution is 0.0306. The Labute approximate surface area is 139 Å². The van der Waals surface area contributed by atoms with E-state index < -0.39 is 10.0 Å². The Kier molecular flexibility index (Phi) is 4.56. The molecule has 8 heteroatoms. The molecule has 124 valence electrons. The van der Waals surface area contributed by atoms with Crippen LogP contribution in [0.5, 0.6) is 0 Å². The van der Waals surface area contributed by atoms with Crippen molar-refractivity contribution in [3.63, 3.8) is 0 Å². The molecule has 0 atom stereocenters. The van der Waals surface area contributed by atoms with Crippen LogP contribution in [0, 0.1) is 0 Å². The fourth-order valence-corrected chi connectivity index (χ4v) is 4.03. The Morgan fingerprint density at radius 3 is 2.74 bits per heavy atom. The maximum absolute atomic E-state index is 12.5. The minimum Gasteiger partial charge on any atom is -0.378 e. The number of fused-ring (bicyclic) bond motifs is 1. The van der Waals surface area contributed by atoms with Crippen molar-refractivity contribution >= 4 is 43.0 Å². The Bertz CT molecular complexity index is 823. The van der Waals surface area contributed by atoms with Gasteiger partial charge in [-0.2, -0.15) is 0 Å². The molecule has 0 unspecified atom stereocenters. The molecule has 23 heavy (non-hydrogen) atoms. The van der Waals surface area contributed by atoms with Gasteiger partial charge < -0.3 is 9.64 Å². The third-order valence-electron chi connectivity index (χ3n) is 3.68. The first-order valence-corrected chi connectivity index (χ1v) is 9.86. The molecule has 1 aromatic heterocycles. The Morgan fingerprint density at radius 1 is 1.30 bits per heavy atom. The van der Waals surface area contributed by atoms with E-state index in [1.807, 2.05) is 12.1 Å². The maximum atomic E-state index is 12.5. The van der Waals surface area contributed by atoms with Crippen molar-refractivity contribution in [1.82, 2.24) is 4.90 Å². The zero-order chi connectivity index (χ0) is 16.4. The summed E-state index contributed by atoms with van der Waals surface area (Å²) >= 11 is 1.42. The molecular weight excluding hydrogens is 336 g/mol. The molecule has 1 amide bonds. The van der Waals surface area contributed by atoms with Gasteiger partial charge in [0.25, 0.3) is 5.91 Å². The first kappa shape index (κ1) is 16.2. The number of ether oxygens (including phenoxy) is 1. The van der Waals surface area contributed by atoms with Crippen LogP contribution in [0.2, 0.25) is 0 Å². The van der Waals surface area contributed by atoms with E-state index in [4.69, 9.17) is 4.74 Å². The highest BCUT2D eigenvalue weighted by Gasteiger charge is 2.20. The molecule has 0 aliphatic carbocycles. The van der Waals surface area contributed by atoms with Gasteiger partial charge in [0.1, 0.15) is 0 Å². The van der Waals surface area contributed by atoms with Gasteiger partial charge in [-0.1, -0.05) is 0 Å². The lowest BCUT2D eigenvalue weighted by Crippen LogP contribution is -2.40. The van der Waals surface area contributed by atoms with Crippen LogP contribution < -0.4 is 4.72 Å². The van der Waals surface area contributed by atoms with Crippen molar-refractivity contribution in [2.24, 2.45) is 0 Å². The van der Waals surface area contributed by atoms with Crippen LogP contribution in [-0.4, -0.2) is 51.3 Å². The number of hydrogen-bond acceptors (Lipinski definition) is 5. The summed E-state index contributed by atoms with van der Waals surface area (Å²) in [5.41, 5.74) is 0.516. The number of carbonyl (C=O) groups excluding carboxylic acids is 1. The number of nitrogens with one attached hydrogen (secondary N) is 1. The van der Waals surface area contributed by atoms with Crippen LogP contribution in [0.3, 0.4) is 0 Å². The largest absolute Gasteiger partial charge is 0.378 e. The molecule has 6 nitrogen and oxygen atoms in total. The fraction of sp³-hybridized carbons (Fsp3) is 0.400. The summed E-state index contributed by atoms with van der Waals surface area (Å²) in [6, 6.07) is 7.13. The quantitative estimate of drug-likeness (QED) is 0.913. The van der Waals surface area contributed by atoms with Gasteiger partial charge in [-0.25, -0.2) is 8.42 Å². The van der Waals surface area contributed by atoms with Gasteiger partial charge in [-0.15, -0.1) is 11.3 Å². The molecule has 1 N–H and O–H groups in total. The number of sulfonamides is 1. The molecule has 1 fully saturated rings. The molecule has 1 aliphatic rings. The Hall–Kier alpha value is -1.64. The molecule has 0 spiro atoms. The topological polar surface area (TPSA) is 75.7 Å². The average molecular weight is 354 g/mol. The van der Waals surface area contributed by atoms with Crippen molar-refractivity contribution in [3.8, 4) is 0 Å². The van der Waals surface area contributed by atoms with Gasteiger partial charge in [0.2, 0.25) is 10.0 Å². The van der Waals surface area contributed by atoms with Crippen LogP contribution in [0.4, 0.5) is 5.69 Å². The van der Waals surface area contributed by atoms with Crippen LogP contribution in [0.1, 0.15) is 16.6 Å². The van der Waals surface area contributed by atoms with Crippen molar-refractivity contribution in [3.05, 3.63) is 29.1 Å². The lowest BCUT2D eigenvalue weighted by atomic mass is 10.2. The van der Waals surface area contributed by atoms with Crippen LogP contribution in [-0.2, 0) is 14.8 Å². The van der Waals surface area contributed by atoms with Gasteiger partial charge in [0.15, 0.2) is 0 Å². The molecular formula is C15H18N2O4S2. The number of benzene rings is 1. The van der Waals surface area contributed by atoms with Gasteiger partial charge in [-0.3, -0.25) is 9.52 Å². The van der Waals surface area contributed by atoms with Crippen molar-refractivity contribution in [2.75, 3.05) is 36.8 Å². The summed E-state index contributed by atoms with van der Waals surface area (Å²) in [4.78, 5) is 14.9. The number of rotatable bonds is 4. The van der Waals surface area contributed by atoms with E-state index in [2.05, 4.69) is 4.72 Å². The van der Waals surface area contributed by atoms with Crippen molar-refractivity contribution in [1.29, 1.82) is 0 Å². The van der Waals surface area contributed by atoms with Crippen LogP contribution in [0.15, 0.2) is 24.3 Å². The van der Waals surface area contributed by atoms with Crippen LogP contribution >= 0.6 is 11.3 Å². The summed E-state index contributed by atoms with van der Waals surface area (Å²) in [6.45, 7) is 3.94. The molecule has 2 aromatic rings. The fourth-order valence-electron chi connectivity index (χ4n) is 2.39. The number of amides is 1. The predicted octanol–water partition coefficient (Wildman–Crippen LogP) is 2.14. The summed E-state index contributed by atoms with van der Waals surface area (Å²) in [5.74, 6) is 0.0281. The predicted molar refractivity (Wildman–Crippen MR) is 91.6 cm³/mol. The number of morpholine rings is 1. The number of carbonyl (C=O) groups is 1. The first-order chi connectivity index (χ1) is 11.0. The normalized spacial score (nSPS) is 15.8. The van der Waals surface area contributed by atoms with E-state index in [1.165, 1.54) is 11.3 Å². The van der Waals surface area contributed by atoms with E-state index in [0.717, 1.165) is 10.1 Å². The van der Waals surface area contributed by atoms with Gasteiger partial charge in [-0.05, 0) is 36.6 Å². The van der Waals surface area contributed by atoms with E-state index >= 15 is 0 Å². The number of anilines is 1. The zero-order valence-electron chi connectivity index (χ0n) is 12.7. The third kappa shape index (κ3) is 3.65. The minimum absolute atomic E-state index is 0.00480. The summed E-state index contributed by atoms with van der Waals surface area (Å²) < 4.78 is 32.0. The summed E-state index contributed by atoms with van der Waals surface area (Å²) in [5, 5.41) is 0.864. The highest BCUT2D eigenvalue weighted by atomic mass is 32.2. The highest BCUT2D eigenvalue weighted by Crippen LogP contribution is 2.29. The van der Waals surface area contributed by atoms with Crippen LogP contribution in [0.25, 0.3) is 10.1 Å². The monoisotopic (exact) mass is 354 g/mol. The molecule has 1 aromatic carbocycles. The molecule has 3 rings (SSSR count). The number of nitrogens with zero attached hydrogens (tertiary/aromatic N) is 1. The molecule has 0 saturated carbocycles.